The van der Waals surface area contributed by atoms with E-state index in [1.807, 2.05) is 11.6 Å². The second kappa shape index (κ2) is 6.56. The summed E-state index contributed by atoms with van der Waals surface area (Å²) >= 11 is 1.50. The van der Waals surface area contributed by atoms with Crippen LogP contribution in [-0.2, 0) is 29.2 Å². The van der Waals surface area contributed by atoms with Crippen molar-refractivity contribution in [1.82, 2.24) is 35.0 Å². The molecule has 11 heteroatoms. The lowest BCUT2D eigenvalue weighted by atomic mass is 10.1. The van der Waals surface area contributed by atoms with Crippen molar-refractivity contribution < 1.29 is 8.42 Å². The van der Waals surface area contributed by atoms with Gasteiger partial charge in [0.1, 0.15) is 5.82 Å². The van der Waals surface area contributed by atoms with Gasteiger partial charge in [0.05, 0.1) is 17.3 Å². The third-order valence-electron chi connectivity index (χ3n) is 3.84. The van der Waals surface area contributed by atoms with Crippen LogP contribution in [-0.4, -0.2) is 54.9 Å². The average Bonchev–Trinajstić information content (AvgIpc) is 3.17. The fourth-order valence-electron chi connectivity index (χ4n) is 2.65. The van der Waals surface area contributed by atoms with Crippen LogP contribution < -0.4 is 0 Å². The SMILES string of the molecule is CCCn1nnnc1CSc1nnc(C2CCS(=O)(=O)C2)n1C. The van der Waals surface area contributed by atoms with E-state index in [0.29, 0.717) is 12.2 Å². The maximum Gasteiger partial charge on any atom is 0.191 e. The van der Waals surface area contributed by atoms with Gasteiger partial charge in [0.25, 0.3) is 0 Å². The van der Waals surface area contributed by atoms with Crippen molar-refractivity contribution in [2.24, 2.45) is 7.05 Å². The largest absolute Gasteiger partial charge is 0.309 e. The van der Waals surface area contributed by atoms with E-state index in [1.165, 1.54) is 11.8 Å². The van der Waals surface area contributed by atoms with Crippen molar-refractivity contribution in [3.63, 3.8) is 0 Å². The summed E-state index contributed by atoms with van der Waals surface area (Å²) in [5.74, 6) is 2.47. The summed E-state index contributed by atoms with van der Waals surface area (Å²) in [6, 6.07) is 0. The van der Waals surface area contributed by atoms with Crippen molar-refractivity contribution in [2.45, 2.75) is 43.1 Å². The van der Waals surface area contributed by atoms with Crippen molar-refractivity contribution in [1.29, 1.82) is 0 Å². The summed E-state index contributed by atoms with van der Waals surface area (Å²) in [6.07, 6.45) is 1.58. The second-order valence-electron chi connectivity index (χ2n) is 5.61. The summed E-state index contributed by atoms with van der Waals surface area (Å²) in [4.78, 5) is 0. The summed E-state index contributed by atoms with van der Waals surface area (Å²) in [6.45, 7) is 2.86. The topological polar surface area (TPSA) is 108 Å². The molecule has 23 heavy (non-hydrogen) atoms. The summed E-state index contributed by atoms with van der Waals surface area (Å²) < 4.78 is 26.9. The minimum Gasteiger partial charge on any atom is -0.309 e. The van der Waals surface area contributed by atoms with Crippen LogP contribution in [0.5, 0.6) is 0 Å². The Kier molecular flexibility index (Phi) is 4.67. The van der Waals surface area contributed by atoms with E-state index in [2.05, 4.69) is 32.6 Å². The molecule has 3 heterocycles. The molecule has 1 aliphatic heterocycles. The molecule has 2 aromatic heterocycles. The first-order valence-corrected chi connectivity index (χ1v) is 10.3. The summed E-state index contributed by atoms with van der Waals surface area (Å²) in [5.41, 5.74) is 0. The standard InChI is InChI=1S/C12H19N7O2S2/c1-3-5-19-10(13-16-17-19)7-22-12-15-14-11(18(12)2)9-4-6-23(20,21)8-9/h9H,3-8H2,1-2H3. The van der Waals surface area contributed by atoms with Crippen LogP contribution in [0.15, 0.2) is 5.16 Å². The van der Waals surface area contributed by atoms with Crippen molar-refractivity contribution >= 4 is 21.6 Å². The maximum atomic E-state index is 11.6. The van der Waals surface area contributed by atoms with Crippen LogP contribution in [0.1, 0.15) is 37.3 Å². The van der Waals surface area contributed by atoms with E-state index < -0.39 is 9.84 Å². The molecule has 0 spiro atoms. The number of rotatable bonds is 6. The molecule has 2 aromatic rings. The lowest BCUT2D eigenvalue weighted by Crippen LogP contribution is -2.09. The highest BCUT2D eigenvalue weighted by Gasteiger charge is 2.32. The van der Waals surface area contributed by atoms with Gasteiger partial charge in [-0.05, 0) is 23.3 Å². The van der Waals surface area contributed by atoms with Crippen LogP contribution in [0.4, 0.5) is 0 Å². The average molecular weight is 357 g/mol. The van der Waals surface area contributed by atoms with E-state index >= 15 is 0 Å². The van der Waals surface area contributed by atoms with Gasteiger partial charge in [0, 0.05) is 19.5 Å². The van der Waals surface area contributed by atoms with Gasteiger partial charge in [-0.3, -0.25) is 0 Å². The van der Waals surface area contributed by atoms with Crippen LogP contribution in [0.3, 0.4) is 0 Å². The third kappa shape index (κ3) is 3.55. The monoisotopic (exact) mass is 357 g/mol. The number of tetrazole rings is 1. The number of sulfone groups is 1. The molecular weight excluding hydrogens is 338 g/mol. The van der Waals surface area contributed by atoms with E-state index in [9.17, 15) is 8.42 Å². The Hall–Kier alpha value is -1.49. The fraction of sp³-hybridized carbons (Fsp3) is 0.750. The predicted octanol–water partition coefficient (Wildman–Crippen LogP) is 0.406. The Labute approximate surface area is 138 Å². The summed E-state index contributed by atoms with van der Waals surface area (Å²) in [5, 5.41) is 20.8. The fourth-order valence-corrected chi connectivity index (χ4v) is 5.24. The van der Waals surface area contributed by atoms with Gasteiger partial charge >= 0.3 is 0 Å². The normalized spacial score (nSPS) is 20.2. The minimum atomic E-state index is -2.93. The molecule has 1 unspecified atom stereocenters. The van der Waals surface area contributed by atoms with E-state index in [-0.39, 0.29) is 17.4 Å². The molecule has 1 saturated heterocycles. The van der Waals surface area contributed by atoms with Gasteiger partial charge in [0.2, 0.25) is 0 Å². The van der Waals surface area contributed by atoms with Crippen LogP contribution in [0.2, 0.25) is 0 Å². The highest BCUT2D eigenvalue weighted by molar-refractivity contribution is 7.98. The van der Waals surface area contributed by atoms with Crippen molar-refractivity contribution in [3.05, 3.63) is 11.6 Å². The molecule has 0 saturated carbocycles. The molecule has 1 fully saturated rings. The van der Waals surface area contributed by atoms with Crippen LogP contribution in [0, 0.1) is 0 Å². The Morgan fingerprint density at radius 2 is 2.13 bits per heavy atom. The number of aromatic nitrogens is 7. The highest BCUT2D eigenvalue weighted by atomic mass is 32.2. The molecular formula is C12H19N7O2S2. The molecule has 1 atom stereocenters. The molecule has 0 aromatic carbocycles. The Morgan fingerprint density at radius 3 is 2.83 bits per heavy atom. The van der Waals surface area contributed by atoms with Crippen LogP contribution >= 0.6 is 11.8 Å². The quantitative estimate of drug-likeness (QED) is 0.684. The van der Waals surface area contributed by atoms with Gasteiger partial charge in [-0.2, -0.15) is 0 Å². The zero-order valence-electron chi connectivity index (χ0n) is 13.1. The number of aryl methyl sites for hydroxylation is 1. The van der Waals surface area contributed by atoms with E-state index in [1.54, 1.807) is 4.68 Å². The number of nitrogens with zero attached hydrogens (tertiary/aromatic N) is 7. The second-order valence-corrected chi connectivity index (χ2v) is 8.78. The molecule has 1 aliphatic rings. The Balaban J connectivity index is 1.69. The highest BCUT2D eigenvalue weighted by Crippen LogP contribution is 2.29. The Morgan fingerprint density at radius 1 is 1.30 bits per heavy atom. The Bertz CT molecular complexity index is 783. The molecule has 126 valence electrons. The van der Waals surface area contributed by atoms with E-state index in [4.69, 9.17) is 0 Å². The zero-order chi connectivity index (χ0) is 16.4. The van der Waals surface area contributed by atoms with Crippen molar-refractivity contribution in [3.8, 4) is 0 Å². The molecule has 0 aliphatic carbocycles. The zero-order valence-corrected chi connectivity index (χ0v) is 14.7. The van der Waals surface area contributed by atoms with Crippen LogP contribution in [0.25, 0.3) is 0 Å². The third-order valence-corrected chi connectivity index (χ3v) is 6.62. The van der Waals surface area contributed by atoms with Gasteiger partial charge in [-0.25, -0.2) is 13.1 Å². The molecule has 3 rings (SSSR count). The molecule has 0 N–H and O–H groups in total. The lowest BCUT2D eigenvalue weighted by molar-refractivity contribution is 0.564. The van der Waals surface area contributed by atoms with Gasteiger partial charge in [0.15, 0.2) is 20.8 Å². The van der Waals surface area contributed by atoms with E-state index in [0.717, 1.165) is 29.8 Å². The summed E-state index contributed by atoms with van der Waals surface area (Å²) in [7, 11) is -1.06. The predicted molar refractivity (Wildman–Crippen MR) is 84.7 cm³/mol. The first-order chi connectivity index (χ1) is 11.0. The number of hydrogen-bond donors (Lipinski definition) is 0. The molecule has 0 radical (unpaired) electrons. The van der Waals surface area contributed by atoms with Gasteiger partial charge in [-0.15, -0.1) is 15.3 Å². The molecule has 0 amide bonds. The van der Waals surface area contributed by atoms with Gasteiger partial charge < -0.3 is 4.57 Å². The smallest absolute Gasteiger partial charge is 0.191 e. The molecule has 0 bridgehead atoms. The van der Waals surface area contributed by atoms with Crippen molar-refractivity contribution in [2.75, 3.05) is 11.5 Å². The van der Waals surface area contributed by atoms with Gasteiger partial charge in [-0.1, -0.05) is 18.7 Å². The molecule has 9 nitrogen and oxygen atoms in total. The first-order valence-electron chi connectivity index (χ1n) is 7.47. The first kappa shape index (κ1) is 16.4. The lowest BCUT2D eigenvalue weighted by Gasteiger charge is -2.07. The number of thioether (sulfide) groups is 1. The maximum absolute atomic E-state index is 11.6. The minimum absolute atomic E-state index is 0.0581. The number of hydrogen-bond acceptors (Lipinski definition) is 8.